The number of carbonyl (C=O) groups is 2. The van der Waals surface area contributed by atoms with Crippen LogP contribution in [0.4, 0.5) is 0 Å². The summed E-state index contributed by atoms with van der Waals surface area (Å²) in [7, 11) is 0. The lowest BCUT2D eigenvalue weighted by atomic mass is 10.00. The number of amides is 1. The summed E-state index contributed by atoms with van der Waals surface area (Å²) in [6.45, 7) is 3.65. The summed E-state index contributed by atoms with van der Waals surface area (Å²) in [4.78, 5) is 37.6. The lowest BCUT2D eigenvalue weighted by Crippen LogP contribution is -2.41. The zero-order chi connectivity index (χ0) is 15.1. The molecule has 1 amide bonds. The number of pyridine rings is 1. The van der Waals surface area contributed by atoms with Gasteiger partial charge in [0, 0.05) is 25.1 Å². The molecule has 0 aliphatic carbocycles. The van der Waals surface area contributed by atoms with Crippen LogP contribution in [-0.4, -0.2) is 29.3 Å². The number of nitrogens with two attached hydrogens (primary N) is 1. The zero-order valence-corrected chi connectivity index (χ0v) is 11.9. The van der Waals surface area contributed by atoms with E-state index in [2.05, 4.69) is 10.3 Å². The number of ketones is 1. The summed E-state index contributed by atoms with van der Waals surface area (Å²) in [6, 6.07) is 1.10. The van der Waals surface area contributed by atoms with Crippen LogP contribution >= 0.6 is 0 Å². The van der Waals surface area contributed by atoms with Gasteiger partial charge in [-0.25, -0.2) is 0 Å². The molecule has 1 heterocycles. The van der Waals surface area contributed by atoms with Crippen LogP contribution in [0.2, 0.25) is 0 Å². The number of nitrogens with one attached hydrogen (secondary N) is 2. The van der Waals surface area contributed by atoms with Gasteiger partial charge in [0.05, 0.1) is 6.04 Å². The number of hydrogen-bond donors (Lipinski definition) is 3. The molecule has 1 atom stereocenters. The van der Waals surface area contributed by atoms with Gasteiger partial charge in [-0.2, -0.15) is 0 Å². The highest BCUT2D eigenvalue weighted by Gasteiger charge is 2.20. The van der Waals surface area contributed by atoms with Crippen molar-refractivity contribution in [3.8, 4) is 0 Å². The van der Waals surface area contributed by atoms with Gasteiger partial charge < -0.3 is 16.0 Å². The van der Waals surface area contributed by atoms with Gasteiger partial charge in [0.2, 0.25) is 5.91 Å². The number of H-pyrrole nitrogens is 1. The number of aryl methyl sites for hydroxylation is 1. The Morgan fingerprint density at radius 3 is 2.75 bits per heavy atom. The smallest absolute Gasteiger partial charge is 0.251 e. The summed E-state index contributed by atoms with van der Waals surface area (Å²) in [5.74, 6) is -0.441. The van der Waals surface area contributed by atoms with Crippen LogP contribution < -0.4 is 16.6 Å². The van der Waals surface area contributed by atoms with E-state index in [0.29, 0.717) is 24.9 Å². The fraction of sp³-hybridized carbons (Fsp3) is 0.500. The summed E-state index contributed by atoms with van der Waals surface area (Å²) in [5, 5.41) is 2.61. The van der Waals surface area contributed by atoms with E-state index in [1.54, 1.807) is 12.3 Å². The molecule has 4 N–H and O–H groups in total. The maximum absolute atomic E-state index is 12.2. The minimum Gasteiger partial charge on any atom is -0.347 e. The van der Waals surface area contributed by atoms with Gasteiger partial charge in [0.15, 0.2) is 5.78 Å². The molecule has 0 unspecified atom stereocenters. The van der Waals surface area contributed by atoms with Crippen LogP contribution in [-0.2, 0) is 16.0 Å². The first-order valence-corrected chi connectivity index (χ1v) is 6.62. The summed E-state index contributed by atoms with van der Waals surface area (Å²) in [6.07, 6.45) is 2.72. The largest absolute Gasteiger partial charge is 0.347 e. The van der Waals surface area contributed by atoms with Crippen LogP contribution in [0, 0.1) is 6.92 Å². The highest BCUT2D eigenvalue weighted by Crippen LogP contribution is 2.04. The summed E-state index contributed by atoms with van der Waals surface area (Å²) in [5.41, 5.74) is 6.45. The van der Waals surface area contributed by atoms with Crippen molar-refractivity contribution in [2.45, 2.75) is 39.2 Å². The van der Waals surface area contributed by atoms with E-state index in [-0.39, 0.29) is 23.7 Å². The van der Waals surface area contributed by atoms with Gasteiger partial charge >= 0.3 is 0 Å². The molecule has 0 bridgehead atoms. The van der Waals surface area contributed by atoms with E-state index >= 15 is 0 Å². The fourth-order valence-electron chi connectivity index (χ4n) is 1.98. The molecule has 6 nitrogen and oxygen atoms in total. The van der Waals surface area contributed by atoms with Gasteiger partial charge in [-0.1, -0.05) is 0 Å². The third-order valence-corrected chi connectivity index (χ3v) is 2.95. The lowest BCUT2D eigenvalue weighted by Gasteiger charge is -2.16. The van der Waals surface area contributed by atoms with Crippen LogP contribution in [0.5, 0.6) is 0 Å². The van der Waals surface area contributed by atoms with Gasteiger partial charge in [-0.15, -0.1) is 0 Å². The predicted molar refractivity (Wildman–Crippen MR) is 76.4 cm³/mol. The number of carbonyl (C=O) groups excluding carboxylic acids is 2. The number of Topliss-reactive ketones (excluding diaryl/α,β-unsaturated/α-hetero) is 1. The van der Waals surface area contributed by atoms with E-state index in [4.69, 9.17) is 5.73 Å². The fourth-order valence-corrected chi connectivity index (χ4v) is 1.98. The Morgan fingerprint density at radius 2 is 2.15 bits per heavy atom. The average molecular weight is 279 g/mol. The monoisotopic (exact) mass is 279 g/mol. The maximum Gasteiger partial charge on any atom is 0.251 e. The van der Waals surface area contributed by atoms with Gasteiger partial charge in [0.1, 0.15) is 0 Å². The SMILES string of the molecule is CC(=O)N[C@@H](CCCN)C(=O)Cc1cc(C)c[nH]c1=O. The van der Waals surface area contributed by atoms with Gasteiger partial charge in [-0.05, 0) is 37.9 Å². The molecule has 0 spiro atoms. The van der Waals surface area contributed by atoms with Crippen LogP contribution in [0.3, 0.4) is 0 Å². The van der Waals surface area contributed by atoms with Crippen molar-refractivity contribution >= 4 is 11.7 Å². The second-order valence-electron chi connectivity index (χ2n) is 4.86. The Labute approximate surface area is 117 Å². The van der Waals surface area contributed by atoms with Crippen molar-refractivity contribution < 1.29 is 9.59 Å². The van der Waals surface area contributed by atoms with Crippen molar-refractivity contribution in [2.24, 2.45) is 5.73 Å². The zero-order valence-electron chi connectivity index (χ0n) is 11.9. The quantitative estimate of drug-likeness (QED) is 0.655. The molecule has 110 valence electrons. The topological polar surface area (TPSA) is 105 Å². The van der Waals surface area contributed by atoms with Crippen molar-refractivity contribution in [3.63, 3.8) is 0 Å². The molecule has 1 aromatic rings. The van der Waals surface area contributed by atoms with E-state index in [0.717, 1.165) is 5.56 Å². The molecular weight excluding hydrogens is 258 g/mol. The molecule has 0 aliphatic rings. The van der Waals surface area contributed by atoms with E-state index in [9.17, 15) is 14.4 Å². The molecule has 0 fully saturated rings. The van der Waals surface area contributed by atoms with Crippen molar-refractivity contribution in [1.29, 1.82) is 0 Å². The molecule has 0 aromatic carbocycles. The van der Waals surface area contributed by atoms with E-state index < -0.39 is 6.04 Å². The number of rotatable bonds is 7. The lowest BCUT2D eigenvalue weighted by molar-refractivity contribution is -0.126. The van der Waals surface area contributed by atoms with Crippen molar-refractivity contribution in [1.82, 2.24) is 10.3 Å². The Morgan fingerprint density at radius 1 is 1.45 bits per heavy atom. The number of aromatic amines is 1. The first-order valence-electron chi connectivity index (χ1n) is 6.62. The molecule has 0 radical (unpaired) electrons. The average Bonchev–Trinajstić information content (AvgIpc) is 2.38. The van der Waals surface area contributed by atoms with Crippen LogP contribution in [0.25, 0.3) is 0 Å². The molecule has 1 rings (SSSR count). The normalized spacial score (nSPS) is 11.9. The molecule has 6 heteroatoms. The maximum atomic E-state index is 12.2. The van der Waals surface area contributed by atoms with Crippen LogP contribution in [0.1, 0.15) is 30.9 Å². The van der Waals surface area contributed by atoms with Crippen LogP contribution in [0.15, 0.2) is 17.1 Å². The molecule has 0 saturated heterocycles. The summed E-state index contributed by atoms with van der Waals surface area (Å²) >= 11 is 0. The molecule has 0 aliphatic heterocycles. The molecule has 0 saturated carbocycles. The highest BCUT2D eigenvalue weighted by molar-refractivity contribution is 5.89. The molecular formula is C14H21N3O3. The second-order valence-corrected chi connectivity index (χ2v) is 4.86. The predicted octanol–water partition coefficient (Wildman–Crippen LogP) is 0.0385. The minimum absolute atomic E-state index is 0.00648. The Bertz CT molecular complexity index is 537. The molecule has 1 aromatic heterocycles. The van der Waals surface area contributed by atoms with Crippen molar-refractivity contribution in [2.75, 3.05) is 6.54 Å². The molecule has 20 heavy (non-hydrogen) atoms. The minimum atomic E-state index is -0.587. The Hall–Kier alpha value is -1.95. The third-order valence-electron chi connectivity index (χ3n) is 2.95. The summed E-state index contributed by atoms with van der Waals surface area (Å²) < 4.78 is 0. The number of hydrogen-bond acceptors (Lipinski definition) is 4. The first-order chi connectivity index (χ1) is 9.43. The van der Waals surface area contributed by atoms with Gasteiger partial charge in [-0.3, -0.25) is 14.4 Å². The second kappa shape index (κ2) is 7.59. The Kier molecular flexibility index (Phi) is 6.11. The van der Waals surface area contributed by atoms with E-state index in [1.807, 2.05) is 6.92 Å². The first kappa shape index (κ1) is 16.1. The van der Waals surface area contributed by atoms with Gasteiger partial charge in [0.25, 0.3) is 5.56 Å². The number of aromatic nitrogens is 1. The standard InChI is InChI=1S/C14H21N3O3/c1-9-6-11(14(20)16-8-9)7-13(19)12(4-3-5-15)17-10(2)18/h6,8,12H,3-5,7,15H2,1-2H3,(H,16,20)(H,17,18)/t12-/m0/s1. The van der Waals surface area contributed by atoms with E-state index in [1.165, 1.54) is 6.92 Å². The highest BCUT2D eigenvalue weighted by atomic mass is 16.2. The van der Waals surface area contributed by atoms with Crippen molar-refractivity contribution in [3.05, 3.63) is 33.7 Å². The Balaban J connectivity index is 2.81. The third kappa shape index (κ3) is 4.97.